The summed E-state index contributed by atoms with van der Waals surface area (Å²) < 4.78 is 73.1. The number of hydrogen-bond acceptors (Lipinski definition) is 1. The van der Waals surface area contributed by atoms with Crippen molar-refractivity contribution in [2.24, 2.45) is 5.92 Å². The number of para-hydroxylation sites is 1. The Morgan fingerprint density at radius 1 is 0.944 bits per heavy atom. The Morgan fingerprint density at radius 2 is 1.39 bits per heavy atom. The second kappa shape index (κ2) is 4.87. The first-order valence-electron chi connectivity index (χ1n) is 4.61. The van der Waals surface area contributed by atoms with E-state index in [0.29, 0.717) is 0 Å². The summed E-state index contributed by atoms with van der Waals surface area (Å²) in [5.74, 6) is -6.19. The van der Waals surface area contributed by atoms with Crippen molar-refractivity contribution in [3.63, 3.8) is 0 Å². The van der Waals surface area contributed by atoms with Crippen LogP contribution in [0.5, 0.6) is 0 Å². The van der Waals surface area contributed by atoms with E-state index < -0.39 is 24.2 Å². The minimum absolute atomic E-state index is 0.138. The predicted molar refractivity (Wildman–Crippen MR) is 50.7 cm³/mol. The molecule has 0 aromatic heterocycles. The molecular formula is C10H7F6NO. The van der Waals surface area contributed by atoms with Gasteiger partial charge in [0.1, 0.15) is 0 Å². The lowest BCUT2D eigenvalue weighted by atomic mass is 10.1. The highest BCUT2D eigenvalue weighted by Crippen LogP contribution is 2.39. The smallest absolute Gasteiger partial charge is 0.325 e. The van der Waals surface area contributed by atoms with Crippen LogP contribution in [0.1, 0.15) is 0 Å². The summed E-state index contributed by atoms with van der Waals surface area (Å²) in [6.07, 6.45) is -11.4. The van der Waals surface area contributed by atoms with Gasteiger partial charge in [-0.1, -0.05) is 18.2 Å². The Morgan fingerprint density at radius 3 is 1.78 bits per heavy atom. The minimum atomic E-state index is -5.68. The van der Waals surface area contributed by atoms with Gasteiger partial charge in [-0.25, -0.2) is 0 Å². The van der Waals surface area contributed by atoms with Gasteiger partial charge >= 0.3 is 12.4 Å². The van der Waals surface area contributed by atoms with Crippen molar-refractivity contribution < 1.29 is 31.1 Å². The third-order valence-corrected chi connectivity index (χ3v) is 1.96. The normalized spacial score (nSPS) is 12.6. The summed E-state index contributed by atoms with van der Waals surface area (Å²) >= 11 is 0. The van der Waals surface area contributed by atoms with Gasteiger partial charge in [-0.2, -0.15) is 26.3 Å². The molecule has 1 amide bonds. The fourth-order valence-corrected chi connectivity index (χ4v) is 1.22. The van der Waals surface area contributed by atoms with Crippen molar-refractivity contribution in [2.75, 3.05) is 5.32 Å². The first kappa shape index (κ1) is 14.3. The monoisotopic (exact) mass is 271 g/mol. The summed E-state index contributed by atoms with van der Waals surface area (Å²) in [7, 11) is 0. The molecule has 8 heteroatoms. The molecule has 0 bridgehead atoms. The number of benzene rings is 1. The van der Waals surface area contributed by atoms with Crippen LogP contribution in [0.25, 0.3) is 0 Å². The SMILES string of the molecule is O=C(Nc1ccccc1)C(C(F)(F)F)C(F)(F)F. The molecule has 0 aliphatic carbocycles. The van der Waals surface area contributed by atoms with Crippen LogP contribution < -0.4 is 5.32 Å². The van der Waals surface area contributed by atoms with Gasteiger partial charge in [0, 0.05) is 5.69 Å². The third kappa shape index (κ3) is 3.64. The molecule has 0 radical (unpaired) electrons. The fraction of sp³-hybridized carbons (Fsp3) is 0.300. The van der Waals surface area contributed by atoms with E-state index in [-0.39, 0.29) is 5.69 Å². The number of alkyl halides is 6. The molecule has 0 fully saturated rings. The number of carbonyl (C=O) groups excluding carboxylic acids is 1. The standard InChI is InChI=1S/C10H7F6NO/c11-9(12,13)7(10(14,15)16)8(18)17-6-4-2-1-3-5-6/h1-5,7H,(H,17,18). The zero-order valence-corrected chi connectivity index (χ0v) is 8.64. The molecule has 1 rings (SSSR count). The van der Waals surface area contributed by atoms with Crippen LogP contribution >= 0.6 is 0 Å². The van der Waals surface area contributed by atoms with Gasteiger partial charge in [0.25, 0.3) is 0 Å². The Bertz CT molecular complexity index is 397. The summed E-state index contributed by atoms with van der Waals surface area (Å²) in [5.41, 5.74) is -0.138. The van der Waals surface area contributed by atoms with Gasteiger partial charge in [0.05, 0.1) is 0 Å². The number of rotatable bonds is 2. The summed E-state index contributed by atoms with van der Waals surface area (Å²) in [6.45, 7) is 0. The maximum Gasteiger partial charge on any atom is 0.409 e. The molecule has 1 N–H and O–H groups in total. The van der Waals surface area contributed by atoms with E-state index in [1.807, 2.05) is 0 Å². The Labute approximate surface area is 97.6 Å². The van der Waals surface area contributed by atoms with Crippen LogP contribution in [-0.2, 0) is 4.79 Å². The third-order valence-electron chi connectivity index (χ3n) is 1.96. The molecule has 0 atom stereocenters. The average Bonchev–Trinajstić information content (AvgIpc) is 2.13. The Balaban J connectivity index is 2.92. The highest BCUT2D eigenvalue weighted by molar-refractivity contribution is 5.93. The highest BCUT2D eigenvalue weighted by Gasteiger charge is 2.61. The summed E-state index contributed by atoms with van der Waals surface area (Å²) in [4.78, 5) is 11.1. The molecule has 0 aliphatic heterocycles. The topological polar surface area (TPSA) is 29.1 Å². The molecule has 0 saturated carbocycles. The van der Waals surface area contributed by atoms with E-state index in [1.54, 1.807) is 5.32 Å². The fourth-order valence-electron chi connectivity index (χ4n) is 1.22. The Kier molecular flexibility index (Phi) is 3.88. The quantitative estimate of drug-likeness (QED) is 0.821. The number of amides is 1. The molecule has 18 heavy (non-hydrogen) atoms. The van der Waals surface area contributed by atoms with Crippen LogP contribution in [-0.4, -0.2) is 18.3 Å². The van der Waals surface area contributed by atoms with E-state index >= 15 is 0 Å². The first-order valence-corrected chi connectivity index (χ1v) is 4.61. The maximum atomic E-state index is 12.2. The Hall–Kier alpha value is -1.73. The van der Waals surface area contributed by atoms with Crippen molar-refractivity contribution in [1.29, 1.82) is 0 Å². The molecule has 1 aromatic carbocycles. The first-order chi connectivity index (χ1) is 8.12. The van der Waals surface area contributed by atoms with Crippen LogP contribution in [0.15, 0.2) is 30.3 Å². The second-order valence-electron chi connectivity index (χ2n) is 3.37. The molecule has 100 valence electrons. The van der Waals surface area contributed by atoms with Gasteiger partial charge in [-0.05, 0) is 12.1 Å². The van der Waals surface area contributed by atoms with E-state index in [4.69, 9.17) is 0 Å². The molecule has 1 aromatic rings. The largest absolute Gasteiger partial charge is 0.409 e. The van der Waals surface area contributed by atoms with Gasteiger partial charge < -0.3 is 5.32 Å². The van der Waals surface area contributed by atoms with Crippen LogP contribution in [0.2, 0.25) is 0 Å². The molecule has 2 nitrogen and oxygen atoms in total. The van der Waals surface area contributed by atoms with Crippen molar-refractivity contribution in [2.45, 2.75) is 12.4 Å². The van der Waals surface area contributed by atoms with Gasteiger partial charge in [0.2, 0.25) is 11.8 Å². The zero-order valence-electron chi connectivity index (χ0n) is 8.64. The molecule has 0 aliphatic rings. The van der Waals surface area contributed by atoms with Gasteiger partial charge in [-0.3, -0.25) is 4.79 Å². The van der Waals surface area contributed by atoms with Crippen molar-refractivity contribution in [1.82, 2.24) is 0 Å². The van der Waals surface area contributed by atoms with Crippen LogP contribution in [0.4, 0.5) is 32.0 Å². The average molecular weight is 271 g/mol. The van der Waals surface area contributed by atoms with Gasteiger partial charge in [0.15, 0.2) is 0 Å². The number of hydrogen-bond donors (Lipinski definition) is 1. The van der Waals surface area contributed by atoms with E-state index in [0.717, 1.165) is 0 Å². The van der Waals surface area contributed by atoms with Crippen LogP contribution in [0, 0.1) is 5.92 Å². The van der Waals surface area contributed by atoms with E-state index in [9.17, 15) is 31.1 Å². The van der Waals surface area contributed by atoms with Crippen molar-refractivity contribution >= 4 is 11.6 Å². The summed E-state index contributed by atoms with van der Waals surface area (Å²) in [5, 5.41) is 1.58. The molecule has 0 spiro atoms. The molecule has 0 heterocycles. The highest BCUT2D eigenvalue weighted by atomic mass is 19.4. The lowest BCUT2D eigenvalue weighted by Gasteiger charge is -2.21. The van der Waals surface area contributed by atoms with Crippen LogP contribution in [0.3, 0.4) is 0 Å². The summed E-state index contributed by atoms with van der Waals surface area (Å²) in [6, 6.07) is 6.60. The number of carbonyl (C=O) groups is 1. The number of halogens is 6. The van der Waals surface area contributed by atoms with Crippen molar-refractivity contribution in [3.8, 4) is 0 Å². The molecule has 0 saturated heterocycles. The zero-order chi connectivity index (χ0) is 14.0. The molecular weight excluding hydrogens is 264 g/mol. The number of nitrogens with one attached hydrogen (secondary N) is 1. The second-order valence-corrected chi connectivity index (χ2v) is 3.37. The van der Waals surface area contributed by atoms with E-state index in [2.05, 4.69) is 0 Å². The maximum absolute atomic E-state index is 12.2. The van der Waals surface area contributed by atoms with Crippen molar-refractivity contribution in [3.05, 3.63) is 30.3 Å². The lowest BCUT2D eigenvalue weighted by molar-refractivity contribution is -0.272. The molecule has 0 unspecified atom stereocenters. The minimum Gasteiger partial charge on any atom is -0.325 e. The number of anilines is 1. The predicted octanol–water partition coefficient (Wildman–Crippen LogP) is 3.37. The van der Waals surface area contributed by atoms with Gasteiger partial charge in [-0.15, -0.1) is 0 Å². The van der Waals surface area contributed by atoms with E-state index in [1.165, 1.54) is 30.3 Å². The lowest BCUT2D eigenvalue weighted by Crippen LogP contribution is -2.45.